The minimum absolute atomic E-state index is 0.289. The summed E-state index contributed by atoms with van der Waals surface area (Å²) in [5.41, 5.74) is 4.28. The predicted octanol–water partition coefficient (Wildman–Crippen LogP) is 3.70. The lowest BCUT2D eigenvalue weighted by molar-refractivity contribution is 0.171. The van der Waals surface area contributed by atoms with Gasteiger partial charge in [0.25, 0.3) is 0 Å². The van der Waals surface area contributed by atoms with Gasteiger partial charge in [-0.05, 0) is 42.0 Å². The molecular weight excluding hydrogens is 295 g/mol. The van der Waals surface area contributed by atoms with Crippen LogP contribution in [0.25, 0.3) is 0 Å². The van der Waals surface area contributed by atoms with Crippen LogP contribution in [0.1, 0.15) is 5.56 Å². The van der Waals surface area contributed by atoms with Crippen molar-refractivity contribution in [2.24, 2.45) is 5.10 Å². The van der Waals surface area contributed by atoms with Crippen LogP contribution in [0.3, 0.4) is 0 Å². The van der Waals surface area contributed by atoms with E-state index in [0.29, 0.717) is 35.4 Å². The van der Waals surface area contributed by atoms with Gasteiger partial charge in [0, 0.05) is 0 Å². The normalized spacial score (nSPS) is 13.4. The number of fused-ring (bicyclic) bond motifs is 1. The van der Waals surface area contributed by atoms with E-state index in [9.17, 15) is 4.39 Å². The van der Waals surface area contributed by atoms with Gasteiger partial charge in [-0.15, -0.1) is 0 Å². The summed E-state index contributed by atoms with van der Waals surface area (Å²) in [6, 6.07) is 9.46. The van der Waals surface area contributed by atoms with Gasteiger partial charge in [0.05, 0.1) is 16.9 Å². The number of hydrazone groups is 1. The lowest BCUT2D eigenvalue weighted by Gasteiger charge is -2.19. The second-order valence-electron chi connectivity index (χ2n) is 4.40. The largest absolute Gasteiger partial charge is 0.486 e. The summed E-state index contributed by atoms with van der Waals surface area (Å²) in [4.78, 5) is 0. The van der Waals surface area contributed by atoms with E-state index in [-0.39, 0.29) is 5.82 Å². The van der Waals surface area contributed by atoms with Crippen LogP contribution in [-0.2, 0) is 0 Å². The molecule has 108 valence electrons. The van der Waals surface area contributed by atoms with Gasteiger partial charge in [-0.2, -0.15) is 5.10 Å². The number of hydrogen-bond donors (Lipinski definition) is 1. The van der Waals surface area contributed by atoms with Crippen molar-refractivity contribution in [3.8, 4) is 11.5 Å². The molecule has 2 aromatic carbocycles. The van der Waals surface area contributed by atoms with Crippen molar-refractivity contribution < 1.29 is 13.9 Å². The molecule has 0 saturated heterocycles. The Hall–Kier alpha value is -2.27. The predicted molar refractivity (Wildman–Crippen MR) is 80.1 cm³/mol. The Bertz CT molecular complexity index is 674. The zero-order valence-corrected chi connectivity index (χ0v) is 11.7. The Morgan fingerprint density at radius 3 is 2.71 bits per heavy atom. The first kappa shape index (κ1) is 13.7. The highest BCUT2D eigenvalue weighted by Gasteiger charge is 2.15. The van der Waals surface area contributed by atoms with Gasteiger partial charge in [-0.1, -0.05) is 11.6 Å². The van der Waals surface area contributed by atoms with Crippen LogP contribution in [0.4, 0.5) is 10.1 Å². The van der Waals surface area contributed by atoms with E-state index < -0.39 is 0 Å². The molecule has 2 aromatic rings. The number of hydrogen-bond acceptors (Lipinski definition) is 4. The molecule has 1 N–H and O–H groups in total. The van der Waals surface area contributed by atoms with E-state index in [0.717, 1.165) is 5.56 Å². The molecule has 3 rings (SSSR count). The van der Waals surface area contributed by atoms with Crippen molar-refractivity contribution in [1.82, 2.24) is 0 Å². The number of nitrogens with zero attached hydrogens (tertiary/aromatic N) is 1. The fraction of sp³-hybridized carbons (Fsp3) is 0.133. The number of ether oxygens (including phenoxy) is 2. The summed E-state index contributed by atoms with van der Waals surface area (Å²) in [6.07, 6.45) is 1.60. The van der Waals surface area contributed by atoms with Crippen LogP contribution in [0, 0.1) is 5.82 Å². The van der Waals surface area contributed by atoms with Gasteiger partial charge in [-0.3, -0.25) is 5.43 Å². The topological polar surface area (TPSA) is 42.9 Å². The molecule has 0 aromatic heterocycles. The van der Waals surface area contributed by atoms with E-state index >= 15 is 0 Å². The van der Waals surface area contributed by atoms with Crippen LogP contribution >= 0.6 is 11.6 Å². The molecule has 0 bridgehead atoms. The molecule has 0 spiro atoms. The first-order valence-electron chi connectivity index (χ1n) is 6.36. The maximum absolute atomic E-state index is 12.8. The van der Waals surface area contributed by atoms with E-state index in [2.05, 4.69) is 10.5 Å². The summed E-state index contributed by atoms with van der Waals surface area (Å²) in [6.45, 7) is 0.990. The molecule has 6 heteroatoms. The Balaban J connectivity index is 1.74. The zero-order valence-electron chi connectivity index (χ0n) is 11.0. The molecule has 0 saturated carbocycles. The van der Waals surface area contributed by atoms with Gasteiger partial charge >= 0.3 is 0 Å². The Kier molecular flexibility index (Phi) is 3.92. The molecule has 1 aliphatic rings. The van der Waals surface area contributed by atoms with Crippen molar-refractivity contribution in [1.29, 1.82) is 0 Å². The van der Waals surface area contributed by atoms with Crippen LogP contribution in [0.5, 0.6) is 11.5 Å². The quantitative estimate of drug-likeness (QED) is 0.694. The van der Waals surface area contributed by atoms with Crippen molar-refractivity contribution >= 4 is 23.5 Å². The second-order valence-corrected chi connectivity index (χ2v) is 4.81. The zero-order chi connectivity index (χ0) is 14.7. The maximum Gasteiger partial charge on any atom is 0.179 e. The summed E-state index contributed by atoms with van der Waals surface area (Å²) >= 11 is 6.13. The third-order valence-corrected chi connectivity index (χ3v) is 3.15. The molecule has 0 radical (unpaired) electrons. The van der Waals surface area contributed by atoms with Crippen molar-refractivity contribution in [2.75, 3.05) is 18.6 Å². The maximum atomic E-state index is 12.8. The molecule has 0 atom stereocenters. The van der Waals surface area contributed by atoms with Gasteiger partial charge in [0.15, 0.2) is 11.5 Å². The molecule has 0 amide bonds. The van der Waals surface area contributed by atoms with Crippen molar-refractivity contribution in [2.45, 2.75) is 0 Å². The highest BCUT2D eigenvalue weighted by atomic mass is 35.5. The van der Waals surface area contributed by atoms with E-state index in [1.54, 1.807) is 30.5 Å². The van der Waals surface area contributed by atoms with Crippen LogP contribution in [0.15, 0.2) is 41.5 Å². The van der Waals surface area contributed by atoms with E-state index in [1.807, 2.05) is 0 Å². The van der Waals surface area contributed by atoms with Crippen LogP contribution in [0.2, 0.25) is 5.02 Å². The van der Waals surface area contributed by atoms with Gasteiger partial charge in [0.1, 0.15) is 19.0 Å². The molecule has 0 fully saturated rings. The lowest BCUT2D eigenvalue weighted by Crippen LogP contribution is -2.15. The summed E-state index contributed by atoms with van der Waals surface area (Å²) in [5, 5.41) is 4.56. The van der Waals surface area contributed by atoms with Crippen molar-refractivity contribution in [3.05, 3.63) is 52.8 Å². The van der Waals surface area contributed by atoms with E-state index in [4.69, 9.17) is 21.1 Å². The molecule has 1 heterocycles. The number of nitrogens with one attached hydrogen (secondary N) is 1. The SMILES string of the molecule is Fc1ccc(N/N=C\c2cc(Cl)c3c(c2)OCCO3)cc1. The average Bonchev–Trinajstić information content (AvgIpc) is 2.49. The Morgan fingerprint density at radius 1 is 1.14 bits per heavy atom. The summed E-state index contributed by atoms with van der Waals surface area (Å²) in [7, 11) is 0. The van der Waals surface area contributed by atoms with Crippen LogP contribution in [-0.4, -0.2) is 19.4 Å². The minimum atomic E-state index is -0.289. The van der Waals surface area contributed by atoms with Gasteiger partial charge in [0.2, 0.25) is 0 Å². The number of benzene rings is 2. The average molecular weight is 307 g/mol. The first-order valence-corrected chi connectivity index (χ1v) is 6.74. The molecular formula is C15H12ClFN2O2. The molecule has 4 nitrogen and oxygen atoms in total. The number of anilines is 1. The Labute approximate surface area is 126 Å². The smallest absolute Gasteiger partial charge is 0.179 e. The highest BCUT2D eigenvalue weighted by molar-refractivity contribution is 6.32. The second kappa shape index (κ2) is 6.01. The number of halogens is 2. The summed E-state index contributed by atoms with van der Waals surface area (Å²) in [5.74, 6) is 0.881. The van der Waals surface area contributed by atoms with Crippen LogP contribution < -0.4 is 14.9 Å². The standard InChI is InChI=1S/C15H12ClFN2O2/c16-13-7-10(8-14-15(13)21-6-5-20-14)9-18-19-12-3-1-11(17)2-4-12/h1-4,7-9,19H,5-6H2/b18-9-. The molecule has 21 heavy (non-hydrogen) atoms. The van der Waals surface area contributed by atoms with E-state index in [1.165, 1.54) is 12.1 Å². The minimum Gasteiger partial charge on any atom is -0.486 e. The fourth-order valence-corrected chi connectivity index (χ4v) is 2.18. The Morgan fingerprint density at radius 2 is 1.90 bits per heavy atom. The molecule has 0 aliphatic carbocycles. The highest BCUT2D eigenvalue weighted by Crippen LogP contribution is 2.37. The van der Waals surface area contributed by atoms with Gasteiger partial charge < -0.3 is 9.47 Å². The lowest BCUT2D eigenvalue weighted by atomic mass is 10.2. The van der Waals surface area contributed by atoms with Crippen molar-refractivity contribution in [3.63, 3.8) is 0 Å². The molecule has 0 unspecified atom stereocenters. The fourth-order valence-electron chi connectivity index (χ4n) is 1.91. The number of rotatable bonds is 3. The third-order valence-electron chi connectivity index (χ3n) is 2.87. The third kappa shape index (κ3) is 3.25. The van der Waals surface area contributed by atoms with Gasteiger partial charge in [-0.25, -0.2) is 4.39 Å². The first-order chi connectivity index (χ1) is 10.2. The monoisotopic (exact) mass is 306 g/mol. The molecule has 1 aliphatic heterocycles. The summed E-state index contributed by atoms with van der Waals surface area (Å²) < 4.78 is 23.7.